The zero-order chi connectivity index (χ0) is 8.27. The second kappa shape index (κ2) is 3.01. The summed E-state index contributed by atoms with van der Waals surface area (Å²) in [6.07, 6.45) is 2.59. The van der Waals surface area contributed by atoms with Gasteiger partial charge in [-0.2, -0.15) is 0 Å². The molecular formula is C7H9N3O. The molecule has 0 aliphatic heterocycles. The number of aryl methyl sites for hydroxylation is 1. The van der Waals surface area contributed by atoms with Gasteiger partial charge in [0.1, 0.15) is 5.69 Å². The van der Waals surface area contributed by atoms with Gasteiger partial charge in [0.15, 0.2) is 0 Å². The maximum absolute atomic E-state index is 11.0. The summed E-state index contributed by atoms with van der Waals surface area (Å²) in [5.41, 5.74) is 1.48. The highest BCUT2D eigenvalue weighted by Gasteiger charge is 2.03. The zero-order valence-electron chi connectivity index (χ0n) is 6.14. The van der Waals surface area contributed by atoms with Gasteiger partial charge in [0.2, 0.25) is 0 Å². The van der Waals surface area contributed by atoms with Crippen molar-refractivity contribution in [3.8, 4) is 0 Å². The molecule has 58 valence electrons. The third-order valence-electron chi connectivity index (χ3n) is 1.28. The summed E-state index contributed by atoms with van der Waals surface area (Å²) < 4.78 is 0. The van der Waals surface area contributed by atoms with E-state index in [0.29, 0.717) is 5.69 Å². The van der Waals surface area contributed by atoms with Gasteiger partial charge in [-0.05, 0) is 18.6 Å². The second-order valence-electron chi connectivity index (χ2n) is 2.21. The molecule has 4 nitrogen and oxygen atoms in total. The molecule has 0 saturated heterocycles. The summed E-state index contributed by atoms with van der Waals surface area (Å²) in [5.74, 6) is -0.284. The lowest BCUT2D eigenvalue weighted by Gasteiger charge is -1.92. The number of aromatic amines is 1. The van der Waals surface area contributed by atoms with Crippen LogP contribution in [0.1, 0.15) is 16.1 Å². The van der Waals surface area contributed by atoms with Gasteiger partial charge >= 0.3 is 0 Å². The number of H-pyrrole nitrogens is 1. The lowest BCUT2D eigenvalue weighted by molar-refractivity contribution is 0.0974. The predicted octanol–water partition coefficient (Wildman–Crippen LogP) is 0.660. The minimum absolute atomic E-state index is 0.284. The van der Waals surface area contributed by atoms with Gasteiger partial charge in [0.25, 0.3) is 5.91 Å². The average molecular weight is 151 g/mol. The fourth-order valence-electron chi connectivity index (χ4n) is 0.777. The van der Waals surface area contributed by atoms with Crippen LogP contribution in [0.2, 0.25) is 0 Å². The molecule has 1 aromatic rings. The Morgan fingerprint density at radius 3 is 3.00 bits per heavy atom. The highest BCUT2D eigenvalue weighted by molar-refractivity contribution is 5.98. The van der Waals surface area contributed by atoms with E-state index in [1.54, 1.807) is 12.3 Å². The first kappa shape index (κ1) is 7.53. The molecular weight excluding hydrogens is 142 g/mol. The van der Waals surface area contributed by atoms with E-state index in [-0.39, 0.29) is 5.91 Å². The van der Waals surface area contributed by atoms with E-state index in [4.69, 9.17) is 5.41 Å². The van der Waals surface area contributed by atoms with Crippen molar-refractivity contribution < 1.29 is 4.79 Å². The standard InChI is InChI=1S/C7H9N3O/c1-5-2-6(9-3-5)7(11)10-4-8/h2-4,9H,1H3,(H2,8,10,11). The minimum atomic E-state index is -0.284. The van der Waals surface area contributed by atoms with Gasteiger partial charge in [-0.25, -0.2) is 0 Å². The van der Waals surface area contributed by atoms with Crippen LogP contribution in [0.5, 0.6) is 0 Å². The van der Waals surface area contributed by atoms with Crippen molar-refractivity contribution >= 4 is 12.2 Å². The summed E-state index contributed by atoms with van der Waals surface area (Å²) in [6, 6.07) is 1.72. The van der Waals surface area contributed by atoms with Gasteiger partial charge in [-0.1, -0.05) is 0 Å². The van der Waals surface area contributed by atoms with E-state index < -0.39 is 0 Å². The van der Waals surface area contributed by atoms with Crippen molar-refractivity contribution in [2.24, 2.45) is 0 Å². The molecule has 1 amide bonds. The third-order valence-corrected chi connectivity index (χ3v) is 1.28. The van der Waals surface area contributed by atoms with Crippen LogP contribution >= 0.6 is 0 Å². The van der Waals surface area contributed by atoms with Crippen molar-refractivity contribution in [3.63, 3.8) is 0 Å². The van der Waals surface area contributed by atoms with Gasteiger partial charge in [0, 0.05) is 6.20 Å². The summed E-state index contributed by atoms with van der Waals surface area (Å²) in [7, 11) is 0. The van der Waals surface area contributed by atoms with Crippen molar-refractivity contribution in [1.82, 2.24) is 10.3 Å². The fraction of sp³-hybridized carbons (Fsp3) is 0.143. The number of aromatic nitrogens is 1. The number of nitrogens with one attached hydrogen (secondary N) is 3. The van der Waals surface area contributed by atoms with Crippen molar-refractivity contribution in [3.05, 3.63) is 23.5 Å². The smallest absolute Gasteiger partial charge is 0.272 e. The summed E-state index contributed by atoms with van der Waals surface area (Å²) in [6.45, 7) is 1.89. The van der Waals surface area contributed by atoms with E-state index >= 15 is 0 Å². The topological polar surface area (TPSA) is 68.7 Å². The molecule has 3 N–H and O–H groups in total. The Morgan fingerprint density at radius 2 is 2.55 bits per heavy atom. The van der Waals surface area contributed by atoms with Crippen LogP contribution in [-0.4, -0.2) is 17.2 Å². The molecule has 1 rings (SSSR count). The SMILES string of the molecule is Cc1c[nH]c(C(=O)NC=N)c1. The Kier molecular flexibility index (Phi) is 2.06. The highest BCUT2D eigenvalue weighted by atomic mass is 16.1. The van der Waals surface area contributed by atoms with Crippen molar-refractivity contribution in [1.29, 1.82) is 5.41 Å². The number of rotatable bonds is 2. The zero-order valence-corrected chi connectivity index (χ0v) is 6.14. The molecule has 11 heavy (non-hydrogen) atoms. The predicted molar refractivity (Wildman–Crippen MR) is 41.8 cm³/mol. The lowest BCUT2D eigenvalue weighted by Crippen LogP contribution is -2.20. The van der Waals surface area contributed by atoms with Gasteiger partial charge in [-0.3, -0.25) is 10.2 Å². The fourth-order valence-corrected chi connectivity index (χ4v) is 0.777. The van der Waals surface area contributed by atoms with Gasteiger partial charge in [-0.15, -0.1) is 0 Å². The third kappa shape index (κ3) is 1.67. The van der Waals surface area contributed by atoms with E-state index in [0.717, 1.165) is 11.9 Å². The van der Waals surface area contributed by atoms with Crippen LogP contribution < -0.4 is 5.32 Å². The summed E-state index contributed by atoms with van der Waals surface area (Å²) >= 11 is 0. The minimum Gasteiger partial charge on any atom is -0.357 e. The van der Waals surface area contributed by atoms with E-state index in [1.165, 1.54) is 0 Å². The first-order valence-corrected chi connectivity index (χ1v) is 3.19. The van der Waals surface area contributed by atoms with Crippen molar-refractivity contribution in [2.45, 2.75) is 6.92 Å². The molecule has 0 aliphatic rings. The average Bonchev–Trinajstić information content (AvgIpc) is 2.36. The Hall–Kier alpha value is -1.58. The molecule has 0 unspecified atom stereocenters. The van der Waals surface area contributed by atoms with E-state index in [9.17, 15) is 4.79 Å². The van der Waals surface area contributed by atoms with E-state index in [1.807, 2.05) is 6.92 Å². The summed E-state index contributed by atoms with van der Waals surface area (Å²) in [4.78, 5) is 13.7. The second-order valence-corrected chi connectivity index (χ2v) is 2.21. The Balaban J connectivity index is 2.76. The Morgan fingerprint density at radius 1 is 1.82 bits per heavy atom. The van der Waals surface area contributed by atoms with Crippen LogP contribution in [0.15, 0.2) is 12.3 Å². The molecule has 0 radical (unpaired) electrons. The monoisotopic (exact) mass is 151 g/mol. The maximum atomic E-state index is 11.0. The quantitative estimate of drug-likeness (QED) is 0.421. The van der Waals surface area contributed by atoms with Crippen LogP contribution in [0, 0.1) is 12.3 Å². The number of hydrogen-bond acceptors (Lipinski definition) is 2. The van der Waals surface area contributed by atoms with Crippen molar-refractivity contribution in [2.75, 3.05) is 0 Å². The van der Waals surface area contributed by atoms with Crippen LogP contribution in [0.4, 0.5) is 0 Å². The van der Waals surface area contributed by atoms with Gasteiger partial charge < -0.3 is 10.3 Å². The number of carbonyl (C=O) groups excluding carboxylic acids is 1. The number of carbonyl (C=O) groups is 1. The van der Waals surface area contributed by atoms with Crippen LogP contribution in [0.3, 0.4) is 0 Å². The first-order valence-electron chi connectivity index (χ1n) is 3.19. The maximum Gasteiger partial charge on any atom is 0.272 e. The normalized spacial score (nSPS) is 9.18. The summed E-state index contributed by atoms with van der Waals surface area (Å²) in [5, 5.41) is 8.86. The highest BCUT2D eigenvalue weighted by Crippen LogP contribution is 1.99. The molecule has 4 heteroatoms. The Bertz CT molecular complexity index is 277. The molecule has 1 heterocycles. The Labute approximate surface area is 64.1 Å². The lowest BCUT2D eigenvalue weighted by atomic mass is 10.3. The number of amides is 1. The van der Waals surface area contributed by atoms with Crippen LogP contribution in [0.25, 0.3) is 0 Å². The molecule has 0 aliphatic carbocycles. The number of hydrogen-bond donors (Lipinski definition) is 3. The molecule has 0 spiro atoms. The molecule has 0 aromatic carbocycles. The van der Waals surface area contributed by atoms with Crippen LogP contribution in [-0.2, 0) is 0 Å². The molecule has 0 saturated carbocycles. The molecule has 1 aromatic heterocycles. The van der Waals surface area contributed by atoms with E-state index in [2.05, 4.69) is 10.3 Å². The molecule has 0 fully saturated rings. The largest absolute Gasteiger partial charge is 0.357 e. The first-order chi connectivity index (χ1) is 5.24. The molecule has 0 bridgehead atoms. The van der Waals surface area contributed by atoms with Gasteiger partial charge in [0.05, 0.1) is 6.34 Å². The molecule has 0 atom stereocenters.